The number of sulfonamides is 1. The number of hydrogen-bond donors (Lipinski definition) is 1. The average Bonchev–Trinajstić information content (AvgIpc) is 3.69. The van der Waals surface area contributed by atoms with Crippen LogP contribution in [0.4, 0.5) is 0 Å². The van der Waals surface area contributed by atoms with Gasteiger partial charge in [0.25, 0.3) is 0 Å². The molecule has 1 saturated carbocycles. The third kappa shape index (κ3) is 5.93. The Hall–Kier alpha value is -1.86. The molecule has 2 aliphatic rings. The predicted octanol–water partition coefficient (Wildman–Crippen LogP) is 6.87. The lowest BCUT2D eigenvalue weighted by atomic mass is 9.64. The lowest BCUT2D eigenvalue weighted by molar-refractivity contribution is -0.157. The first-order valence-corrected chi connectivity index (χ1v) is 15.3. The van der Waals surface area contributed by atoms with Crippen molar-refractivity contribution in [3.8, 4) is 0 Å². The fourth-order valence-electron chi connectivity index (χ4n) is 6.04. The van der Waals surface area contributed by atoms with Crippen molar-refractivity contribution in [2.45, 2.75) is 75.6 Å². The van der Waals surface area contributed by atoms with Crippen LogP contribution in [-0.4, -0.2) is 30.5 Å². The van der Waals surface area contributed by atoms with Gasteiger partial charge in [-0.1, -0.05) is 60.5 Å². The lowest BCUT2D eigenvalue weighted by Gasteiger charge is -2.53. The van der Waals surface area contributed by atoms with Crippen molar-refractivity contribution in [2.75, 3.05) is 0 Å². The van der Waals surface area contributed by atoms with Crippen LogP contribution in [-0.2, 0) is 14.8 Å². The zero-order valence-corrected chi connectivity index (χ0v) is 23.8. The summed E-state index contributed by atoms with van der Waals surface area (Å²) in [6, 6.07) is 14.9. The molecule has 5 nitrogen and oxygen atoms in total. The van der Waals surface area contributed by atoms with Crippen molar-refractivity contribution >= 4 is 39.1 Å². The molecule has 2 N–H and O–H groups in total. The molecule has 1 amide bonds. The van der Waals surface area contributed by atoms with Crippen molar-refractivity contribution in [2.24, 2.45) is 16.5 Å². The van der Waals surface area contributed by atoms with Gasteiger partial charge in [0.05, 0.1) is 16.7 Å². The number of likely N-dealkylation sites (tertiary alicyclic amines) is 1. The van der Waals surface area contributed by atoms with E-state index < -0.39 is 20.7 Å². The molecule has 200 valence electrons. The maximum Gasteiger partial charge on any atom is 0.229 e. The molecule has 1 aliphatic heterocycles. The summed E-state index contributed by atoms with van der Waals surface area (Å²) in [6.45, 7) is 7.67. The van der Waals surface area contributed by atoms with Crippen molar-refractivity contribution in [3.05, 3.63) is 82.4 Å². The second-order valence-corrected chi connectivity index (χ2v) is 13.6. The number of nitrogens with two attached hydrogens (primary N) is 1. The molecule has 37 heavy (non-hydrogen) atoms. The van der Waals surface area contributed by atoms with E-state index in [-0.39, 0.29) is 29.8 Å². The maximum atomic E-state index is 14.6. The van der Waals surface area contributed by atoms with Gasteiger partial charge in [-0.2, -0.15) is 0 Å². The Kier molecular flexibility index (Phi) is 8.44. The van der Waals surface area contributed by atoms with Crippen LogP contribution in [0, 0.1) is 11.3 Å². The number of nitrogens with zero attached hydrogens (tertiary/aromatic N) is 1. The summed E-state index contributed by atoms with van der Waals surface area (Å²) in [5.74, 6) is 0.245. The lowest BCUT2D eigenvalue weighted by Crippen LogP contribution is -2.57. The fourth-order valence-corrected chi connectivity index (χ4v) is 6.83. The first-order valence-electron chi connectivity index (χ1n) is 13.0. The standard InChI is InChI=1S/C29H36Cl2N2O3S/c1-4-15-29(5-2)18-25(22-7-6-8-24(31)17-22)27(21-11-13-23(30)14-12-21)33(28(29)34)26(20-9-10-20)16-19(3)37(32,35)36/h4,6-8,11-14,17,19-20,25-27H,1,5,9-10,15-16,18H2,2-3H3,(H2,32,35,36)/t19?,25-,26+,27-,29+/m1/s1. The minimum Gasteiger partial charge on any atom is -0.331 e. The maximum absolute atomic E-state index is 14.6. The quantitative estimate of drug-likeness (QED) is 0.321. The Labute approximate surface area is 231 Å². The van der Waals surface area contributed by atoms with Gasteiger partial charge in [0.1, 0.15) is 0 Å². The van der Waals surface area contributed by atoms with Crippen molar-refractivity contribution < 1.29 is 13.2 Å². The summed E-state index contributed by atoms with van der Waals surface area (Å²) in [7, 11) is -3.75. The van der Waals surface area contributed by atoms with E-state index in [9.17, 15) is 13.2 Å². The number of halogens is 2. The largest absolute Gasteiger partial charge is 0.331 e. The summed E-state index contributed by atoms with van der Waals surface area (Å²) in [5.41, 5.74) is 1.39. The number of rotatable bonds is 10. The summed E-state index contributed by atoms with van der Waals surface area (Å²) in [6.07, 6.45) is 5.89. The van der Waals surface area contributed by atoms with Crippen LogP contribution in [0.2, 0.25) is 10.0 Å². The molecule has 2 aromatic carbocycles. The Balaban J connectivity index is 1.93. The molecule has 1 saturated heterocycles. The van der Waals surface area contributed by atoms with Gasteiger partial charge in [-0.15, -0.1) is 6.58 Å². The van der Waals surface area contributed by atoms with Crippen LogP contribution >= 0.6 is 23.2 Å². The molecule has 8 heteroatoms. The highest BCUT2D eigenvalue weighted by Gasteiger charge is 2.54. The van der Waals surface area contributed by atoms with Gasteiger partial charge < -0.3 is 4.90 Å². The number of hydrogen-bond acceptors (Lipinski definition) is 3. The summed E-state index contributed by atoms with van der Waals surface area (Å²) in [4.78, 5) is 16.6. The van der Waals surface area contributed by atoms with Gasteiger partial charge in [0, 0.05) is 22.0 Å². The monoisotopic (exact) mass is 562 g/mol. The van der Waals surface area contributed by atoms with Crippen LogP contribution < -0.4 is 5.14 Å². The van der Waals surface area contributed by atoms with E-state index in [4.69, 9.17) is 28.3 Å². The van der Waals surface area contributed by atoms with Gasteiger partial charge >= 0.3 is 0 Å². The first-order chi connectivity index (χ1) is 17.5. The SMILES string of the molecule is C=CC[C@@]1(CC)C[C@H](c2cccc(Cl)c2)[C@@H](c2ccc(Cl)cc2)N([C@@H](CC(C)S(N)(=O)=O)C2CC2)C1=O. The third-order valence-electron chi connectivity index (χ3n) is 8.34. The highest BCUT2D eigenvalue weighted by Crippen LogP contribution is 2.55. The fraction of sp³-hybridized carbons (Fsp3) is 0.483. The number of allylic oxidation sites excluding steroid dienone is 1. The van der Waals surface area contributed by atoms with Crippen LogP contribution in [0.3, 0.4) is 0 Å². The molecular weight excluding hydrogens is 527 g/mol. The van der Waals surface area contributed by atoms with Crippen molar-refractivity contribution in [3.63, 3.8) is 0 Å². The number of primary sulfonamides is 1. The molecule has 0 bridgehead atoms. The highest BCUT2D eigenvalue weighted by atomic mass is 35.5. The van der Waals surface area contributed by atoms with E-state index in [1.165, 1.54) is 0 Å². The molecule has 5 atom stereocenters. The Morgan fingerprint density at radius 1 is 1.14 bits per heavy atom. The van der Waals surface area contributed by atoms with Gasteiger partial charge in [0.15, 0.2) is 0 Å². The van der Waals surface area contributed by atoms with Gasteiger partial charge in [-0.05, 0) is 86.8 Å². The molecular formula is C29H36Cl2N2O3S. The smallest absolute Gasteiger partial charge is 0.229 e. The molecule has 2 fully saturated rings. The second kappa shape index (κ2) is 11.1. The number of benzene rings is 2. The Bertz CT molecular complexity index is 1250. The predicted molar refractivity (Wildman–Crippen MR) is 151 cm³/mol. The minimum atomic E-state index is -3.75. The third-order valence-corrected chi connectivity index (χ3v) is 10.1. The number of carbonyl (C=O) groups excluding carboxylic acids is 1. The molecule has 1 aliphatic carbocycles. The molecule has 1 heterocycles. The molecule has 4 rings (SSSR count). The molecule has 0 aromatic heterocycles. The van der Waals surface area contributed by atoms with E-state index in [2.05, 4.69) is 19.6 Å². The van der Waals surface area contributed by atoms with Gasteiger partial charge in [0.2, 0.25) is 15.9 Å². The molecule has 2 aromatic rings. The van der Waals surface area contributed by atoms with E-state index in [1.807, 2.05) is 53.4 Å². The zero-order valence-electron chi connectivity index (χ0n) is 21.4. The summed E-state index contributed by atoms with van der Waals surface area (Å²) >= 11 is 12.7. The topological polar surface area (TPSA) is 80.5 Å². The Morgan fingerprint density at radius 2 is 1.81 bits per heavy atom. The summed E-state index contributed by atoms with van der Waals surface area (Å²) in [5, 5.41) is 6.06. The molecule has 0 spiro atoms. The number of amides is 1. The van der Waals surface area contributed by atoms with Crippen LogP contribution in [0.1, 0.15) is 75.5 Å². The normalized spacial score (nSPS) is 26.1. The average molecular weight is 564 g/mol. The van der Waals surface area contributed by atoms with Crippen molar-refractivity contribution in [1.29, 1.82) is 0 Å². The van der Waals surface area contributed by atoms with E-state index in [0.29, 0.717) is 35.7 Å². The van der Waals surface area contributed by atoms with Gasteiger partial charge in [-0.25, -0.2) is 13.6 Å². The van der Waals surface area contributed by atoms with E-state index >= 15 is 0 Å². The minimum absolute atomic E-state index is 0.0523. The second-order valence-electron chi connectivity index (χ2n) is 10.7. The zero-order chi connectivity index (χ0) is 27.0. The number of piperidine rings is 1. The van der Waals surface area contributed by atoms with E-state index in [1.54, 1.807) is 6.92 Å². The molecule has 1 unspecified atom stereocenters. The number of carbonyl (C=O) groups is 1. The van der Waals surface area contributed by atoms with Crippen LogP contribution in [0.15, 0.2) is 61.2 Å². The van der Waals surface area contributed by atoms with E-state index in [0.717, 1.165) is 24.0 Å². The van der Waals surface area contributed by atoms with Gasteiger partial charge in [-0.3, -0.25) is 4.79 Å². The molecule has 0 radical (unpaired) electrons. The Morgan fingerprint density at radius 3 is 2.35 bits per heavy atom. The van der Waals surface area contributed by atoms with Crippen LogP contribution in [0.5, 0.6) is 0 Å². The van der Waals surface area contributed by atoms with Crippen molar-refractivity contribution in [1.82, 2.24) is 4.90 Å². The first kappa shape index (κ1) is 28.2. The highest BCUT2D eigenvalue weighted by molar-refractivity contribution is 7.89. The van der Waals surface area contributed by atoms with Crippen LogP contribution in [0.25, 0.3) is 0 Å². The summed E-state index contributed by atoms with van der Waals surface area (Å²) < 4.78 is 24.6.